The minimum Gasteiger partial charge on any atom is -0.497 e. The maximum absolute atomic E-state index is 12.3. The number of carbonyl (C=O) groups excluding carboxylic acids is 1. The molecule has 0 aliphatic heterocycles. The Bertz CT molecular complexity index is 683. The number of carboxylic acids is 1. The van der Waals surface area contributed by atoms with Crippen molar-refractivity contribution in [3.05, 3.63) is 64.7 Å². The Morgan fingerprint density at radius 2 is 1.74 bits per heavy atom. The largest absolute Gasteiger partial charge is 0.497 e. The molecule has 0 spiro atoms. The van der Waals surface area contributed by atoms with Crippen molar-refractivity contribution in [2.24, 2.45) is 0 Å². The van der Waals surface area contributed by atoms with Crippen LogP contribution in [0.15, 0.2) is 48.5 Å². The molecular formula is C17H16ClNO4. The van der Waals surface area contributed by atoms with E-state index >= 15 is 0 Å². The SMILES string of the molecule is COc1ccc(C(CC(=O)O)NC(=O)c2ccc(Cl)cc2)cc1. The third kappa shape index (κ3) is 4.72. The fourth-order valence-electron chi connectivity index (χ4n) is 2.11. The second-order valence-electron chi connectivity index (χ2n) is 4.90. The van der Waals surface area contributed by atoms with E-state index in [4.69, 9.17) is 21.4 Å². The van der Waals surface area contributed by atoms with Gasteiger partial charge in [0.15, 0.2) is 0 Å². The van der Waals surface area contributed by atoms with Gasteiger partial charge in [-0.05, 0) is 42.0 Å². The molecule has 2 rings (SSSR count). The lowest BCUT2D eigenvalue weighted by Crippen LogP contribution is -2.30. The molecule has 0 saturated carbocycles. The molecule has 0 aliphatic rings. The number of carbonyl (C=O) groups is 2. The predicted molar refractivity (Wildman–Crippen MR) is 86.9 cm³/mol. The molecule has 1 unspecified atom stereocenters. The highest BCUT2D eigenvalue weighted by molar-refractivity contribution is 6.30. The molecule has 0 fully saturated rings. The molecule has 2 aromatic carbocycles. The molecule has 0 aliphatic carbocycles. The van der Waals surface area contributed by atoms with Gasteiger partial charge in [-0.15, -0.1) is 0 Å². The summed E-state index contributed by atoms with van der Waals surface area (Å²) in [5, 5.41) is 12.3. The highest BCUT2D eigenvalue weighted by Gasteiger charge is 2.19. The summed E-state index contributed by atoms with van der Waals surface area (Å²) in [7, 11) is 1.55. The molecule has 1 atom stereocenters. The molecule has 0 heterocycles. The van der Waals surface area contributed by atoms with Gasteiger partial charge in [0.2, 0.25) is 0 Å². The summed E-state index contributed by atoms with van der Waals surface area (Å²) in [6.45, 7) is 0. The molecule has 23 heavy (non-hydrogen) atoms. The van der Waals surface area contributed by atoms with Crippen molar-refractivity contribution < 1.29 is 19.4 Å². The van der Waals surface area contributed by atoms with Gasteiger partial charge in [0.1, 0.15) is 5.75 Å². The van der Waals surface area contributed by atoms with E-state index in [2.05, 4.69) is 5.32 Å². The van der Waals surface area contributed by atoms with E-state index in [0.29, 0.717) is 21.9 Å². The molecule has 0 saturated heterocycles. The van der Waals surface area contributed by atoms with Crippen LogP contribution in [0.4, 0.5) is 0 Å². The van der Waals surface area contributed by atoms with Crippen LogP contribution in [0, 0.1) is 0 Å². The lowest BCUT2D eigenvalue weighted by molar-refractivity contribution is -0.137. The number of methoxy groups -OCH3 is 1. The zero-order valence-corrected chi connectivity index (χ0v) is 13.2. The van der Waals surface area contributed by atoms with Crippen LogP contribution in [-0.4, -0.2) is 24.1 Å². The maximum Gasteiger partial charge on any atom is 0.305 e. The zero-order chi connectivity index (χ0) is 16.8. The molecule has 1 amide bonds. The average molecular weight is 334 g/mol. The summed E-state index contributed by atoms with van der Waals surface area (Å²) in [4.78, 5) is 23.3. The fraction of sp³-hybridized carbons (Fsp3) is 0.176. The number of rotatable bonds is 6. The number of hydrogen-bond acceptors (Lipinski definition) is 3. The molecule has 0 aromatic heterocycles. The van der Waals surface area contributed by atoms with Crippen LogP contribution in [0.1, 0.15) is 28.4 Å². The zero-order valence-electron chi connectivity index (χ0n) is 12.5. The molecule has 2 N–H and O–H groups in total. The van der Waals surface area contributed by atoms with E-state index in [-0.39, 0.29) is 12.3 Å². The number of aliphatic carboxylic acids is 1. The molecule has 2 aromatic rings. The van der Waals surface area contributed by atoms with Crippen molar-refractivity contribution in [2.75, 3.05) is 7.11 Å². The Morgan fingerprint density at radius 1 is 1.13 bits per heavy atom. The third-order valence-corrected chi connectivity index (χ3v) is 3.56. The van der Waals surface area contributed by atoms with Gasteiger partial charge in [-0.2, -0.15) is 0 Å². The van der Waals surface area contributed by atoms with Crippen LogP contribution in [0.25, 0.3) is 0 Å². The van der Waals surface area contributed by atoms with Crippen LogP contribution in [0.5, 0.6) is 5.75 Å². The van der Waals surface area contributed by atoms with Crippen LogP contribution < -0.4 is 10.1 Å². The second kappa shape index (κ2) is 7.65. The molecule has 6 heteroatoms. The topological polar surface area (TPSA) is 75.6 Å². The normalized spacial score (nSPS) is 11.6. The van der Waals surface area contributed by atoms with E-state index in [9.17, 15) is 9.59 Å². The molecule has 120 valence electrons. The van der Waals surface area contributed by atoms with E-state index in [0.717, 1.165) is 0 Å². The van der Waals surface area contributed by atoms with Gasteiger partial charge in [0.05, 0.1) is 19.6 Å². The number of halogens is 1. The first-order valence-electron chi connectivity index (χ1n) is 6.92. The predicted octanol–water partition coefficient (Wildman–Crippen LogP) is 3.29. The summed E-state index contributed by atoms with van der Waals surface area (Å²) in [6.07, 6.45) is -0.217. The summed E-state index contributed by atoms with van der Waals surface area (Å²) < 4.78 is 5.08. The van der Waals surface area contributed by atoms with Crippen LogP contribution in [0.3, 0.4) is 0 Å². The monoisotopic (exact) mass is 333 g/mol. The van der Waals surface area contributed by atoms with Crippen molar-refractivity contribution in [2.45, 2.75) is 12.5 Å². The highest BCUT2D eigenvalue weighted by Crippen LogP contribution is 2.21. The number of nitrogens with one attached hydrogen (secondary N) is 1. The van der Waals surface area contributed by atoms with Gasteiger partial charge >= 0.3 is 5.97 Å². The number of amides is 1. The molecular weight excluding hydrogens is 318 g/mol. The van der Waals surface area contributed by atoms with Crippen molar-refractivity contribution in [3.8, 4) is 5.75 Å². The van der Waals surface area contributed by atoms with Crippen molar-refractivity contribution in [1.82, 2.24) is 5.32 Å². The summed E-state index contributed by atoms with van der Waals surface area (Å²) in [5.74, 6) is -0.696. The quantitative estimate of drug-likeness (QED) is 0.850. The van der Waals surface area contributed by atoms with Gasteiger partial charge in [-0.1, -0.05) is 23.7 Å². The second-order valence-corrected chi connectivity index (χ2v) is 5.34. The number of carboxylic acid groups (broad SMARTS) is 1. The first-order valence-corrected chi connectivity index (χ1v) is 7.29. The van der Waals surface area contributed by atoms with Crippen molar-refractivity contribution in [1.29, 1.82) is 0 Å². The lowest BCUT2D eigenvalue weighted by Gasteiger charge is -2.18. The molecule has 5 nitrogen and oxygen atoms in total. The first kappa shape index (κ1) is 16.8. The number of ether oxygens (including phenoxy) is 1. The van der Waals surface area contributed by atoms with Crippen molar-refractivity contribution >= 4 is 23.5 Å². The minimum atomic E-state index is -0.998. The molecule has 0 bridgehead atoms. The lowest BCUT2D eigenvalue weighted by atomic mass is 10.0. The fourth-order valence-corrected chi connectivity index (χ4v) is 2.23. The Labute approximate surface area is 138 Å². The van der Waals surface area contributed by atoms with E-state index in [1.165, 1.54) is 0 Å². The summed E-state index contributed by atoms with van der Waals surface area (Å²) in [5.41, 5.74) is 1.11. The molecule has 0 radical (unpaired) electrons. The maximum atomic E-state index is 12.3. The minimum absolute atomic E-state index is 0.217. The van der Waals surface area contributed by atoms with Gasteiger partial charge in [-0.3, -0.25) is 9.59 Å². The Kier molecular flexibility index (Phi) is 5.60. The Balaban J connectivity index is 2.18. The number of benzene rings is 2. The Morgan fingerprint density at radius 3 is 2.26 bits per heavy atom. The average Bonchev–Trinajstić information content (AvgIpc) is 2.54. The van der Waals surface area contributed by atoms with Gasteiger partial charge in [0.25, 0.3) is 5.91 Å². The first-order chi connectivity index (χ1) is 11.0. The smallest absolute Gasteiger partial charge is 0.305 e. The van der Waals surface area contributed by atoms with E-state index in [1.807, 2.05) is 0 Å². The van der Waals surface area contributed by atoms with Crippen LogP contribution in [0.2, 0.25) is 5.02 Å². The highest BCUT2D eigenvalue weighted by atomic mass is 35.5. The Hall–Kier alpha value is -2.53. The van der Waals surface area contributed by atoms with E-state index < -0.39 is 12.0 Å². The standard InChI is InChI=1S/C17H16ClNO4/c1-23-14-8-4-11(5-9-14)15(10-16(20)21)19-17(22)12-2-6-13(18)7-3-12/h2-9,15H,10H2,1H3,(H,19,22)(H,20,21). The summed E-state index contributed by atoms with van der Waals surface area (Å²) >= 11 is 5.79. The van der Waals surface area contributed by atoms with Gasteiger partial charge < -0.3 is 15.2 Å². The number of hydrogen-bond donors (Lipinski definition) is 2. The van der Waals surface area contributed by atoms with Gasteiger partial charge in [0, 0.05) is 10.6 Å². The van der Waals surface area contributed by atoms with Crippen molar-refractivity contribution in [3.63, 3.8) is 0 Å². The van der Waals surface area contributed by atoms with E-state index in [1.54, 1.807) is 55.6 Å². The third-order valence-electron chi connectivity index (χ3n) is 3.31. The van der Waals surface area contributed by atoms with Gasteiger partial charge in [-0.25, -0.2) is 0 Å². The van der Waals surface area contributed by atoms with Crippen LogP contribution in [-0.2, 0) is 4.79 Å². The van der Waals surface area contributed by atoms with Crippen LogP contribution >= 0.6 is 11.6 Å². The summed E-state index contributed by atoms with van der Waals surface area (Å²) in [6, 6.07) is 12.7.